The minimum atomic E-state index is -0.184. The highest BCUT2D eigenvalue weighted by Crippen LogP contribution is 2.23. The Bertz CT molecular complexity index is 946. The number of hydrogen-bond donors (Lipinski definition) is 2. The van der Waals surface area contributed by atoms with E-state index in [4.69, 9.17) is 4.74 Å². The van der Waals surface area contributed by atoms with Gasteiger partial charge in [0.05, 0.1) is 23.3 Å². The zero-order valence-electron chi connectivity index (χ0n) is 18.2. The number of nitrogens with one attached hydrogen (secondary N) is 2. The van der Waals surface area contributed by atoms with Gasteiger partial charge in [0.15, 0.2) is 0 Å². The molecule has 2 aromatic carbocycles. The van der Waals surface area contributed by atoms with Crippen molar-refractivity contribution in [3.8, 4) is 0 Å². The maximum absolute atomic E-state index is 13.1. The number of nitrogens with zero attached hydrogens (tertiary/aromatic N) is 1. The Hall–Kier alpha value is -2.22. The van der Waals surface area contributed by atoms with Crippen molar-refractivity contribution in [2.75, 3.05) is 31.6 Å². The summed E-state index contributed by atoms with van der Waals surface area (Å²) in [6, 6.07) is 15.5. The van der Waals surface area contributed by atoms with Crippen molar-refractivity contribution >= 4 is 33.4 Å². The second-order valence-electron chi connectivity index (χ2n) is 8.58. The van der Waals surface area contributed by atoms with Crippen molar-refractivity contribution in [3.05, 3.63) is 64.1 Å². The van der Waals surface area contributed by atoms with E-state index in [1.54, 1.807) is 12.1 Å². The number of amides is 2. The zero-order chi connectivity index (χ0) is 22.3. The van der Waals surface area contributed by atoms with Crippen molar-refractivity contribution < 1.29 is 14.3 Å². The minimum absolute atomic E-state index is 0.0247. The van der Waals surface area contributed by atoms with Crippen LogP contribution in [0.3, 0.4) is 0 Å². The van der Waals surface area contributed by atoms with Gasteiger partial charge in [-0.1, -0.05) is 40.2 Å². The third-order valence-electron chi connectivity index (χ3n) is 6.12. The maximum Gasteiger partial charge on any atom is 0.253 e. The summed E-state index contributed by atoms with van der Waals surface area (Å²) in [5.41, 5.74) is 2.28. The molecule has 0 saturated carbocycles. The van der Waals surface area contributed by atoms with Crippen LogP contribution in [0.1, 0.15) is 41.6 Å². The van der Waals surface area contributed by atoms with Crippen LogP contribution in [0, 0.1) is 5.92 Å². The number of piperidine rings is 1. The van der Waals surface area contributed by atoms with Gasteiger partial charge in [-0.2, -0.15) is 0 Å². The van der Waals surface area contributed by atoms with Crippen LogP contribution in [0.2, 0.25) is 0 Å². The molecule has 4 rings (SSSR count). The Kier molecular flexibility index (Phi) is 7.95. The van der Waals surface area contributed by atoms with Crippen molar-refractivity contribution in [3.63, 3.8) is 0 Å². The van der Waals surface area contributed by atoms with E-state index in [-0.39, 0.29) is 23.8 Å². The molecule has 0 spiro atoms. The van der Waals surface area contributed by atoms with Crippen molar-refractivity contribution in [2.24, 2.45) is 5.92 Å². The molecule has 2 aromatic rings. The number of rotatable bonds is 7. The van der Waals surface area contributed by atoms with Crippen molar-refractivity contribution in [1.29, 1.82) is 0 Å². The number of para-hydroxylation sites is 1. The molecule has 6 nitrogen and oxygen atoms in total. The Morgan fingerprint density at radius 1 is 1.09 bits per heavy atom. The van der Waals surface area contributed by atoms with E-state index in [0.29, 0.717) is 24.3 Å². The molecule has 0 bridgehead atoms. The van der Waals surface area contributed by atoms with Crippen LogP contribution < -0.4 is 10.6 Å². The summed E-state index contributed by atoms with van der Waals surface area (Å²) in [6.45, 7) is 3.77. The first-order valence-corrected chi connectivity index (χ1v) is 12.1. The average molecular weight is 500 g/mol. The van der Waals surface area contributed by atoms with Crippen LogP contribution in [0.5, 0.6) is 0 Å². The normalized spacial score (nSPS) is 21.3. The third-order valence-corrected chi connectivity index (χ3v) is 6.61. The average Bonchev–Trinajstić information content (AvgIpc) is 3.32. The van der Waals surface area contributed by atoms with E-state index in [0.717, 1.165) is 49.9 Å². The van der Waals surface area contributed by atoms with Crippen molar-refractivity contribution in [1.82, 2.24) is 10.2 Å². The van der Waals surface area contributed by atoms with Gasteiger partial charge >= 0.3 is 0 Å². The molecule has 0 aliphatic carbocycles. The van der Waals surface area contributed by atoms with Crippen LogP contribution in [0.15, 0.2) is 53.0 Å². The molecule has 2 unspecified atom stereocenters. The number of carbonyl (C=O) groups excluding carboxylic acids is 2. The highest BCUT2D eigenvalue weighted by Gasteiger charge is 2.27. The molecule has 2 atom stereocenters. The molecular formula is C25H30BrN3O3. The summed E-state index contributed by atoms with van der Waals surface area (Å²) in [7, 11) is 0. The maximum atomic E-state index is 13.1. The van der Waals surface area contributed by atoms with E-state index in [1.165, 1.54) is 5.56 Å². The summed E-state index contributed by atoms with van der Waals surface area (Å²) in [4.78, 5) is 28.1. The number of benzene rings is 2. The van der Waals surface area contributed by atoms with Gasteiger partial charge < -0.3 is 15.4 Å². The Morgan fingerprint density at radius 2 is 1.97 bits per heavy atom. The van der Waals surface area contributed by atoms with E-state index in [2.05, 4.69) is 43.6 Å². The van der Waals surface area contributed by atoms with E-state index in [1.807, 2.05) is 24.3 Å². The second kappa shape index (κ2) is 11.1. The van der Waals surface area contributed by atoms with Crippen molar-refractivity contribution in [2.45, 2.75) is 38.3 Å². The molecule has 32 heavy (non-hydrogen) atoms. The molecule has 170 valence electrons. The monoisotopic (exact) mass is 499 g/mol. The quantitative estimate of drug-likeness (QED) is 0.598. The Labute approximate surface area is 197 Å². The topological polar surface area (TPSA) is 70.7 Å². The predicted octanol–water partition coefficient (Wildman–Crippen LogP) is 4.21. The lowest BCUT2D eigenvalue weighted by Gasteiger charge is -2.32. The van der Waals surface area contributed by atoms with Crippen LogP contribution in [0.25, 0.3) is 0 Å². The molecule has 2 N–H and O–H groups in total. The SMILES string of the molecule is O=C(NCC1CCCO1)c1ccccc1NC(=O)C1CCCN(Cc2cccc(Br)c2)C1. The van der Waals surface area contributed by atoms with Crippen LogP contribution in [-0.2, 0) is 16.1 Å². The molecule has 2 aliphatic heterocycles. The number of ether oxygens (including phenoxy) is 1. The summed E-state index contributed by atoms with van der Waals surface area (Å²) < 4.78 is 6.65. The second-order valence-corrected chi connectivity index (χ2v) is 9.50. The molecule has 0 aromatic heterocycles. The highest BCUT2D eigenvalue weighted by atomic mass is 79.9. The number of halogens is 1. The molecular weight excluding hydrogens is 470 g/mol. The van der Waals surface area contributed by atoms with E-state index < -0.39 is 0 Å². The zero-order valence-corrected chi connectivity index (χ0v) is 19.8. The molecule has 2 saturated heterocycles. The summed E-state index contributed by atoms with van der Waals surface area (Å²) in [6.07, 6.45) is 3.92. The van der Waals surface area contributed by atoms with Gasteiger partial charge in [-0.3, -0.25) is 14.5 Å². The van der Waals surface area contributed by atoms with Gasteiger partial charge in [0.25, 0.3) is 5.91 Å². The standard InChI is InChI=1S/C25H30BrN3O3/c26-20-8-3-6-18(14-20)16-29-12-4-7-19(17-29)24(30)28-23-11-2-1-10-22(23)25(31)27-15-21-9-5-13-32-21/h1-3,6,8,10-11,14,19,21H,4-5,7,9,12-13,15-17H2,(H,27,31)(H,28,30). The smallest absolute Gasteiger partial charge is 0.253 e. The van der Waals surface area contributed by atoms with Gasteiger partial charge in [-0.05, 0) is 62.1 Å². The Morgan fingerprint density at radius 3 is 2.78 bits per heavy atom. The van der Waals surface area contributed by atoms with E-state index >= 15 is 0 Å². The van der Waals surface area contributed by atoms with Gasteiger partial charge in [0.2, 0.25) is 5.91 Å². The highest BCUT2D eigenvalue weighted by molar-refractivity contribution is 9.10. The summed E-state index contributed by atoms with van der Waals surface area (Å²) >= 11 is 3.53. The van der Waals surface area contributed by atoms with Gasteiger partial charge in [0.1, 0.15) is 0 Å². The minimum Gasteiger partial charge on any atom is -0.376 e. The first-order valence-electron chi connectivity index (χ1n) is 11.3. The molecule has 7 heteroatoms. The summed E-state index contributed by atoms with van der Waals surface area (Å²) in [5.74, 6) is -0.307. The molecule has 0 radical (unpaired) electrons. The van der Waals surface area contributed by atoms with Crippen LogP contribution >= 0.6 is 15.9 Å². The molecule has 2 aliphatic rings. The Balaban J connectivity index is 1.35. The lowest BCUT2D eigenvalue weighted by atomic mass is 9.96. The number of likely N-dealkylation sites (tertiary alicyclic amines) is 1. The fraction of sp³-hybridized carbons (Fsp3) is 0.440. The van der Waals surface area contributed by atoms with Gasteiger partial charge in [-0.15, -0.1) is 0 Å². The predicted molar refractivity (Wildman–Crippen MR) is 129 cm³/mol. The fourth-order valence-electron chi connectivity index (χ4n) is 4.44. The first-order chi connectivity index (χ1) is 15.6. The van der Waals surface area contributed by atoms with Gasteiger partial charge in [0, 0.05) is 30.7 Å². The lowest BCUT2D eigenvalue weighted by molar-refractivity contribution is -0.121. The third kappa shape index (κ3) is 6.18. The lowest BCUT2D eigenvalue weighted by Crippen LogP contribution is -2.40. The molecule has 2 amide bonds. The van der Waals surface area contributed by atoms with Gasteiger partial charge in [-0.25, -0.2) is 0 Å². The van der Waals surface area contributed by atoms with Crippen LogP contribution in [0.4, 0.5) is 5.69 Å². The number of anilines is 1. The molecule has 2 fully saturated rings. The van der Waals surface area contributed by atoms with E-state index in [9.17, 15) is 9.59 Å². The fourth-order valence-corrected chi connectivity index (χ4v) is 4.89. The largest absolute Gasteiger partial charge is 0.376 e. The summed E-state index contributed by atoms with van der Waals surface area (Å²) in [5, 5.41) is 5.96. The van der Waals surface area contributed by atoms with Crippen LogP contribution in [-0.4, -0.2) is 49.1 Å². The number of carbonyl (C=O) groups is 2. The first kappa shape index (κ1) is 23.0. The number of hydrogen-bond acceptors (Lipinski definition) is 4. The molecule has 2 heterocycles.